The van der Waals surface area contributed by atoms with Gasteiger partial charge in [-0.1, -0.05) is 18.2 Å². The zero-order valence-electron chi connectivity index (χ0n) is 15.9. The molecule has 0 atom stereocenters. The van der Waals surface area contributed by atoms with Gasteiger partial charge in [-0.25, -0.2) is 9.97 Å². The van der Waals surface area contributed by atoms with E-state index in [2.05, 4.69) is 49.9 Å². The zero-order valence-corrected chi connectivity index (χ0v) is 15.9. The first-order valence-electron chi connectivity index (χ1n) is 9.44. The van der Waals surface area contributed by atoms with Crippen LogP contribution in [-0.4, -0.2) is 40.7 Å². The van der Waals surface area contributed by atoms with E-state index in [-0.39, 0.29) is 0 Å². The van der Waals surface area contributed by atoms with Crippen LogP contribution < -0.4 is 15.4 Å². The van der Waals surface area contributed by atoms with Crippen molar-refractivity contribution in [2.75, 3.05) is 20.2 Å². The van der Waals surface area contributed by atoms with Crippen LogP contribution in [0.5, 0.6) is 5.75 Å². The number of pyridine rings is 1. The van der Waals surface area contributed by atoms with E-state index in [0.29, 0.717) is 6.54 Å². The molecule has 0 unspecified atom stereocenters. The van der Waals surface area contributed by atoms with Crippen molar-refractivity contribution in [2.24, 2.45) is 4.99 Å². The number of hydrogen-bond donors (Lipinski definition) is 2. The molecule has 0 spiro atoms. The largest absolute Gasteiger partial charge is 0.493 e. The van der Waals surface area contributed by atoms with Crippen LogP contribution in [-0.2, 0) is 19.4 Å². The van der Waals surface area contributed by atoms with Crippen LogP contribution in [0.1, 0.15) is 16.7 Å². The molecule has 4 rings (SSSR count). The van der Waals surface area contributed by atoms with Crippen molar-refractivity contribution in [1.82, 2.24) is 25.2 Å². The second-order valence-corrected chi connectivity index (χ2v) is 6.64. The van der Waals surface area contributed by atoms with Crippen molar-refractivity contribution in [3.63, 3.8) is 0 Å². The molecule has 3 heterocycles. The van der Waals surface area contributed by atoms with E-state index in [4.69, 9.17) is 4.74 Å². The second kappa shape index (κ2) is 8.56. The molecule has 7 nitrogen and oxygen atoms in total. The summed E-state index contributed by atoms with van der Waals surface area (Å²) in [4.78, 5) is 12.8. The number of imidazole rings is 1. The van der Waals surface area contributed by atoms with E-state index in [1.807, 2.05) is 23.0 Å². The minimum atomic E-state index is 0.660. The Kier molecular flexibility index (Phi) is 5.51. The molecule has 1 aliphatic rings. The van der Waals surface area contributed by atoms with E-state index >= 15 is 0 Å². The zero-order chi connectivity index (χ0) is 19.2. The maximum absolute atomic E-state index is 5.56. The number of hydrogen-bond acceptors (Lipinski definition) is 4. The monoisotopic (exact) mass is 376 g/mol. The van der Waals surface area contributed by atoms with Gasteiger partial charge in [0.15, 0.2) is 5.96 Å². The van der Waals surface area contributed by atoms with Crippen molar-refractivity contribution in [1.29, 1.82) is 0 Å². The normalized spacial score (nSPS) is 13.1. The first kappa shape index (κ1) is 18.0. The molecule has 2 aromatic heterocycles. The molecule has 3 aromatic rings. The van der Waals surface area contributed by atoms with Crippen molar-refractivity contribution in [2.45, 2.75) is 19.4 Å². The maximum atomic E-state index is 5.56. The fourth-order valence-corrected chi connectivity index (χ4v) is 3.20. The lowest BCUT2D eigenvalue weighted by Gasteiger charge is -2.12. The SMILES string of the molecule is CN=C(NCCc1ccc2c(c1)CCO2)NCc1ccc(-n2ccnc2)nc1. The highest BCUT2D eigenvalue weighted by Gasteiger charge is 2.11. The lowest BCUT2D eigenvalue weighted by Crippen LogP contribution is -2.37. The third kappa shape index (κ3) is 4.31. The summed E-state index contributed by atoms with van der Waals surface area (Å²) in [6.45, 7) is 2.27. The van der Waals surface area contributed by atoms with Crippen LogP contribution in [0.3, 0.4) is 0 Å². The highest BCUT2D eigenvalue weighted by molar-refractivity contribution is 5.79. The molecular formula is C21H24N6O. The van der Waals surface area contributed by atoms with Crippen molar-refractivity contribution in [3.8, 4) is 11.6 Å². The lowest BCUT2D eigenvalue weighted by molar-refractivity contribution is 0.357. The van der Waals surface area contributed by atoms with Gasteiger partial charge < -0.3 is 15.4 Å². The summed E-state index contributed by atoms with van der Waals surface area (Å²) in [5.41, 5.74) is 3.71. The first-order valence-corrected chi connectivity index (χ1v) is 9.44. The predicted molar refractivity (Wildman–Crippen MR) is 109 cm³/mol. The minimum Gasteiger partial charge on any atom is -0.493 e. The Bertz CT molecular complexity index is 934. The number of nitrogens with zero attached hydrogens (tertiary/aromatic N) is 4. The van der Waals surface area contributed by atoms with Crippen LogP contribution >= 0.6 is 0 Å². The van der Waals surface area contributed by atoms with Gasteiger partial charge in [-0.05, 0) is 35.2 Å². The van der Waals surface area contributed by atoms with Gasteiger partial charge in [0.25, 0.3) is 0 Å². The van der Waals surface area contributed by atoms with E-state index in [9.17, 15) is 0 Å². The highest BCUT2D eigenvalue weighted by atomic mass is 16.5. The molecule has 1 aromatic carbocycles. The van der Waals surface area contributed by atoms with Gasteiger partial charge >= 0.3 is 0 Å². The Morgan fingerprint density at radius 3 is 2.93 bits per heavy atom. The van der Waals surface area contributed by atoms with Crippen LogP contribution in [0.15, 0.2) is 60.2 Å². The topological polar surface area (TPSA) is 76.4 Å². The molecule has 0 bridgehead atoms. The Labute approximate surface area is 164 Å². The average molecular weight is 376 g/mol. The molecule has 28 heavy (non-hydrogen) atoms. The molecule has 0 saturated carbocycles. The van der Waals surface area contributed by atoms with Crippen molar-refractivity contribution < 1.29 is 4.74 Å². The van der Waals surface area contributed by atoms with Crippen LogP contribution in [0.25, 0.3) is 5.82 Å². The van der Waals surface area contributed by atoms with Crippen LogP contribution in [0.4, 0.5) is 0 Å². The molecular weight excluding hydrogens is 352 g/mol. The van der Waals surface area contributed by atoms with Gasteiger partial charge in [0.05, 0.1) is 6.61 Å². The number of ether oxygens (including phenoxy) is 1. The average Bonchev–Trinajstić information content (AvgIpc) is 3.42. The van der Waals surface area contributed by atoms with E-state index in [1.54, 1.807) is 19.6 Å². The molecule has 0 radical (unpaired) electrons. The third-order valence-electron chi connectivity index (χ3n) is 4.72. The quantitative estimate of drug-likeness (QED) is 0.509. The summed E-state index contributed by atoms with van der Waals surface area (Å²) in [5.74, 6) is 2.66. The summed E-state index contributed by atoms with van der Waals surface area (Å²) in [7, 11) is 1.78. The van der Waals surface area contributed by atoms with E-state index in [1.165, 1.54) is 11.1 Å². The fraction of sp³-hybridized carbons (Fsp3) is 0.286. The summed E-state index contributed by atoms with van der Waals surface area (Å²) in [6, 6.07) is 10.5. The molecule has 0 saturated heterocycles. The van der Waals surface area contributed by atoms with Gasteiger partial charge in [0.1, 0.15) is 17.9 Å². The molecule has 0 amide bonds. The summed E-state index contributed by atoms with van der Waals surface area (Å²) in [6.07, 6.45) is 9.16. The molecule has 7 heteroatoms. The van der Waals surface area contributed by atoms with E-state index in [0.717, 1.165) is 49.1 Å². The van der Waals surface area contributed by atoms with Gasteiger partial charge in [0, 0.05) is 45.1 Å². The molecule has 1 aliphatic heterocycles. The number of fused-ring (bicyclic) bond motifs is 1. The Morgan fingerprint density at radius 1 is 1.21 bits per heavy atom. The highest BCUT2D eigenvalue weighted by Crippen LogP contribution is 2.25. The standard InChI is InChI=1S/C21H24N6O/c1-22-21(24-8-6-16-2-4-19-18(12-16)7-11-28-19)26-14-17-3-5-20(25-13-17)27-10-9-23-15-27/h2-5,9-10,12-13,15H,6-8,11,14H2,1H3,(H2,22,24,26). The Balaban J connectivity index is 1.24. The van der Waals surface area contributed by atoms with Gasteiger partial charge in [-0.3, -0.25) is 9.56 Å². The fourth-order valence-electron chi connectivity index (χ4n) is 3.20. The number of guanidine groups is 1. The number of nitrogens with one attached hydrogen (secondary N) is 2. The number of benzene rings is 1. The molecule has 0 fully saturated rings. The minimum absolute atomic E-state index is 0.660. The molecule has 144 valence electrons. The Hall–Kier alpha value is -3.35. The smallest absolute Gasteiger partial charge is 0.191 e. The van der Waals surface area contributed by atoms with E-state index < -0.39 is 0 Å². The van der Waals surface area contributed by atoms with Crippen LogP contribution in [0, 0.1) is 0 Å². The van der Waals surface area contributed by atoms with Crippen molar-refractivity contribution >= 4 is 5.96 Å². The molecule has 0 aliphatic carbocycles. The lowest BCUT2D eigenvalue weighted by atomic mass is 10.1. The second-order valence-electron chi connectivity index (χ2n) is 6.64. The van der Waals surface area contributed by atoms with Gasteiger partial charge in [-0.2, -0.15) is 0 Å². The number of rotatable bonds is 6. The van der Waals surface area contributed by atoms with Crippen molar-refractivity contribution in [3.05, 3.63) is 71.9 Å². The summed E-state index contributed by atoms with van der Waals surface area (Å²) < 4.78 is 7.44. The predicted octanol–water partition coefficient (Wildman–Crippen LogP) is 2.11. The van der Waals surface area contributed by atoms with Crippen LogP contribution in [0.2, 0.25) is 0 Å². The maximum Gasteiger partial charge on any atom is 0.191 e. The number of aliphatic imine (C=N–C) groups is 1. The third-order valence-corrected chi connectivity index (χ3v) is 4.72. The Morgan fingerprint density at radius 2 is 2.14 bits per heavy atom. The molecule has 2 N–H and O–H groups in total. The van der Waals surface area contributed by atoms with Gasteiger partial charge in [0.2, 0.25) is 0 Å². The number of aromatic nitrogens is 3. The summed E-state index contributed by atoms with van der Waals surface area (Å²) >= 11 is 0. The van der Waals surface area contributed by atoms with Gasteiger partial charge in [-0.15, -0.1) is 0 Å². The first-order chi connectivity index (χ1) is 13.8. The summed E-state index contributed by atoms with van der Waals surface area (Å²) in [5, 5.41) is 6.69.